The summed E-state index contributed by atoms with van der Waals surface area (Å²) in [5.74, 6) is 0.883. The summed E-state index contributed by atoms with van der Waals surface area (Å²) in [7, 11) is 1.69. The molecule has 3 rings (SSSR count). The Hall–Kier alpha value is -1.85. The van der Waals surface area contributed by atoms with Crippen molar-refractivity contribution in [3.63, 3.8) is 0 Å². The number of aromatic nitrogens is 2. The van der Waals surface area contributed by atoms with Gasteiger partial charge in [0.25, 0.3) is 0 Å². The van der Waals surface area contributed by atoms with Crippen LogP contribution in [0.15, 0.2) is 42.7 Å². The van der Waals surface area contributed by atoms with Gasteiger partial charge in [0.05, 0.1) is 7.11 Å². The molecule has 2 heterocycles. The van der Waals surface area contributed by atoms with Crippen LogP contribution in [0, 0.1) is 5.41 Å². The molecule has 1 aromatic heterocycles. The molecular weight excluding hydrogens is 314 g/mol. The summed E-state index contributed by atoms with van der Waals surface area (Å²) in [5, 5.41) is 14.3. The Bertz CT molecular complexity index is 617. The van der Waals surface area contributed by atoms with Crippen LogP contribution in [0.5, 0.6) is 5.75 Å². The van der Waals surface area contributed by atoms with Crippen molar-refractivity contribution in [3.05, 3.63) is 48.3 Å². The predicted octanol–water partition coefficient (Wildman–Crippen LogP) is 2.60. The SMILES string of the molecule is COc1ccc(CC2(CO)CCN(CCCn3cccn3)CC2)cc1. The summed E-state index contributed by atoms with van der Waals surface area (Å²) in [6, 6.07) is 10.2. The molecule has 0 unspecified atom stereocenters. The van der Waals surface area contributed by atoms with Gasteiger partial charge in [-0.2, -0.15) is 5.10 Å². The Labute approximate surface area is 150 Å². The average Bonchev–Trinajstić information content (AvgIpc) is 3.17. The van der Waals surface area contributed by atoms with Crippen LogP contribution in [-0.4, -0.2) is 53.1 Å². The van der Waals surface area contributed by atoms with Crippen LogP contribution in [-0.2, 0) is 13.0 Å². The van der Waals surface area contributed by atoms with Crippen molar-refractivity contribution in [2.45, 2.75) is 32.2 Å². The molecule has 5 heteroatoms. The quantitative estimate of drug-likeness (QED) is 0.800. The third kappa shape index (κ3) is 4.83. The number of ether oxygens (including phenoxy) is 1. The zero-order chi connectivity index (χ0) is 17.5. The molecule has 0 aliphatic carbocycles. The largest absolute Gasteiger partial charge is 0.497 e. The lowest BCUT2D eigenvalue weighted by Crippen LogP contribution is -2.43. The third-order valence-electron chi connectivity index (χ3n) is 5.41. The van der Waals surface area contributed by atoms with Gasteiger partial charge in [0.1, 0.15) is 5.75 Å². The number of aliphatic hydroxyl groups is 1. The maximum absolute atomic E-state index is 10.0. The van der Waals surface area contributed by atoms with Crippen LogP contribution in [0.3, 0.4) is 0 Å². The van der Waals surface area contributed by atoms with Crippen LogP contribution >= 0.6 is 0 Å². The molecule has 0 atom stereocenters. The highest BCUT2D eigenvalue weighted by Gasteiger charge is 2.34. The van der Waals surface area contributed by atoms with Crippen molar-refractivity contribution in [1.29, 1.82) is 0 Å². The van der Waals surface area contributed by atoms with E-state index in [9.17, 15) is 5.11 Å². The van der Waals surface area contributed by atoms with E-state index in [0.29, 0.717) is 0 Å². The highest BCUT2D eigenvalue weighted by atomic mass is 16.5. The summed E-state index contributed by atoms with van der Waals surface area (Å²) in [5.41, 5.74) is 1.30. The van der Waals surface area contributed by atoms with Gasteiger partial charge < -0.3 is 14.7 Å². The lowest BCUT2D eigenvalue weighted by Gasteiger charge is -2.41. The minimum absolute atomic E-state index is 0.0209. The molecule has 0 bridgehead atoms. The molecule has 0 saturated carbocycles. The van der Waals surface area contributed by atoms with Crippen molar-refractivity contribution < 1.29 is 9.84 Å². The fraction of sp³-hybridized carbons (Fsp3) is 0.550. The first kappa shape index (κ1) is 18.0. The van der Waals surface area contributed by atoms with Crippen molar-refractivity contribution >= 4 is 0 Å². The molecule has 0 radical (unpaired) electrons. The summed E-state index contributed by atoms with van der Waals surface area (Å²) < 4.78 is 7.22. The number of aliphatic hydroxyl groups excluding tert-OH is 1. The maximum Gasteiger partial charge on any atom is 0.118 e. The van der Waals surface area contributed by atoms with Crippen LogP contribution in [0.1, 0.15) is 24.8 Å². The van der Waals surface area contributed by atoms with Crippen molar-refractivity contribution in [1.82, 2.24) is 14.7 Å². The predicted molar refractivity (Wildman–Crippen MR) is 98.7 cm³/mol. The number of hydrogen-bond donors (Lipinski definition) is 1. The second-order valence-electron chi connectivity index (χ2n) is 7.15. The average molecular weight is 343 g/mol. The first-order chi connectivity index (χ1) is 12.2. The highest BCUT2D eigenvalue weighted by Crippen LogP contribution is 2.35. The van der Waals surface area contributed by atoms with E-state index in [2.05, 4.69) is 22.1 Å². The fourth-order valence-electron chi connectivity index (χ4n) is 3.71. The molecule has 1 aromatic carbocycles. The van der Waals surface area contributed by atoms with Crippen molar-refractivity contribution in [2.75, 3.05) is 33.4 Å². The van der Waals surface area contributed by atoms with Gasteiger partial charge in [-0.25, -0.2) is 0 Å². The van der Waals surface area contributed by atoms with Crippen LogP contribution < -0.4 is 4.74 Å². The third-order valence-corrected chi connectivity index (χ3v) is 5.41. The van der Waals surface area contributed by atoms with E-state index in [0.717, 1.165) is 57.6 Å². The van der Waals surface area contributed by atoms with Crippen LogP contribution in [0.4, 0.5) is 0 Å². The first-order valence-corrected chi connectivity index (χ1v) is 9.17. The number of hydrogen-bond acceptors (Lipinski definition) is 4. The van der Waals surface area contributed by atoms with Crippen molar-refractivity contribution in [3.8, 4) is 5.75 Å². The number of aryl methyl sites for hydroxylation is 1. The number of likely N-dealkylation sites (tertiary alicyclic amines) is 1. The van der Waals surface area contributed by atoms with Crippen molar-refractivity contribution in [2.24, 2.45) is 5.41 Å². The lowest BCUT2D eigenvalue weighted by molar-refractivity contribution is 0.0433. The minimum atomic E-state index is 0.0209. The molecule has 1 aliphatic heterocycles. The zero-order valence-electron chi connectivity index (χ0n) is 15.1. The molecule has 0 spiro atoms. The zero-order valence-corrected chi connectivity index (χ0v) is 15.1. The molecule has 0 amide bonds. The fourth-order valence-corrected chi connectivity index (χ4v) is 3.71. The van der Waals surface area contributed by atoms with Gasteiger partial charge in [-0.1, -0.05) is 12.1 Å². The Kier molecular flexibility index (Phi) is 6.10. The molecule has 1 aliphatic rings. The van der Waals surface area contributed by atoms with Crippen LogP contribution in [0.25, 0.3) is 0 Å². The van der Waals surface area contributed by atoms with E-state index < -0.39 is 0 Å². The maximum atomic E-state index is 10.0. The number of benzene rings is 1. The number of rotatable bonds is 8. The topological polar surface area (TPSA) is 50.5 Å². The Balaban J connectivity index is 1.47. The van der Waals surface area contributed by atoms with E-state index in [-0.39, 0.29) is 12.0 Å². The van der Waals surface area contributed by atoms with Gasteiger partial charge in [0.2, 0.25) is 0 Å². The molecule has 1 N–H and O–H groups in total. The van der Waals surface area contributed by atoms with Gasteiger partial charge >= 0.3 is 0 Å². The molecule has 5 nitrogen and oxygen atoms in total. The minimum Gasteiger partial charge on any atom is -0.497 e. The Morgan fingerprint density at radius 3 is 2.52 bits per heavy atom. The second kappa shape index (κ2) is 8.50. The van der Waals surface area contributed by atoms with Gasteiger partial charge in [-0.05, 0) is 74.5 Å². The first-order valence-electron chi connectivity index (χ1n) is 9.17. The summed E-state index contributed by atoms with van der Waals surface area (Å²) >= 11 is 0. The molecule has 1 fully saturated rings. The summed E-state index contributed by atoms with van der Waals surface area (Å²) in [6.07, 6.45) is 8.01. The molecule has 136 valence electrons. The number of piperidine rings is 1. The van der Waals surface area contributed by atoms with Gasteiger partial charge in [-0.3, -0.25) is 4.68 Å². The Morgan fingerprint density at radius 1 is 1.16 bits per heavy atom. The highest BCUT2D eigenvalue weighted by molar-refractivity contribution is 5.28. The molecule has 1 saturated heterocycles. The smallest absolute Gasteiger partial charge is 0.118 e. The molecule has 25 heavy (non-hydrogen) atoms. The number of methoxy groups -OCH3 is 1. The van der Waals surface area contributed by atoms with E-state index >= 15 is 0 Å². The van der Waals surface area contributed by atoms with Gasteiger partial charge in [0, 0.05) is 25.5 Å². The monoisotopic (exact) mass is 343 g/mol. The van der Waals surface area contributed by atoms with Crippen LogP contribution in [0.2, 0.25) is 0 Å². The molecular formula is C20H29N3O2. The van der Waals surface area contributed by atoms with E-state index in [1.165, 1.54) is 5.56 Å². The Morgan fingerprint density at radius 2 is 1.92 bits per heavy atom. The molecule has 2 aromatic rings. The van der Waals surface area contributed by atoms with E-state index in [1.807, 2.05) is 35.3 Å². The summed E-state index contributed by atoms with van der Waals surface area (Å²) in [4.78, 5) is 2.52. The van der Waals surface area contributed by atoms with E-state index in [4.69, 9.17) is 4.74 Å². The standard InChI is InChI=1S/C20H29N3O2/c1-25-19-6-4-18(5-7-19)16-20(17-24)8-14-22(15-9-20)11-3-13-23-12-2-10-21-23/h2,4-7,10,12,24H,3,8-9,11,13-17H2,1H3. The van der Waals surface area contributed by atoms with Gasteiger partial charge in [0.15, 0.2) is 0 Å². The second-order valence-corrected chi connectivity index (χ2v) is 7.15. The van der Waals surface area contributed by atoms with E-state index in [1.54, 1.807) is 7.11 Å². The summed E-state index contributed by atoms with van der Waals surface area (Å²) in [6.45, 7) is 4.47. The lowest BCUT2D eigenvalue weighted by atomic mass is 9.74. The number of nitrogens with zero attached hydrogens (tertiary/aromatic N) is 3. The van der Waals surface area contributed by atoms with Gasteiger partial charge in [-0.15, -0.1) is 0 Å². The normalized spacial score (nSPS) is 17.5.